The number of carbonyl (C=O) groups is 1. The number of hydrogen-bond donors (Lipinski definition) is 1. The standard InChI is InChI=1S/C17H13ClIN3O3S/c18-11-1-7-14(8-2-11)24-9-16-21-22-17(25-16)26-10-15(23)20-13-5-3-12(19)4-6-13/h1-8H,9-10H2,(H,20,23). The first-order valence-electron chi connectivity index (χ1n) is 7.47. The van der Waals surface area contributed by atoms with Crippen LogP contribution in [0.25, 0.3) is 0 Å². The number of rotatable bonds is 7. The number of benzene rings is 2. The van der Waals surface area contributed by atoms with Gasteiger partial charge in [0.15, 0.2) is 6.61 Å². The van der Waals surface area contributed by atoms with Crippen LogP contribution in [0.5, 0.6) is 5.75 Å². The van der Waals surface area contributed by atoms with Crippen molar-refractivity contribution in [2.75, 3.05) is 11.1 Å². The predicted molar refractivity (Wildman–Crippen MR) is 109 cm³/mol. The van der Waals surface area contributed by atoms with Gasteiger partial charge in [0.25, 0.3) is 11.1 Å². The van der Waals surface area contributed by atoms with Crippen LogP contribution < -0.4 is 10.1 Å². The quantitative estimate of drug-likeness (QED) is 0.375. The van der Waals surface area contributed by atoms with E-state index >= 15 is 0 Å². The fourth-order valence-corrected chi connectivity index (χ4v) is 2.95. The molecule has 0 saturated carbocycles. The number of hydrogen-bond acceptors (Lipinski definition) is 6. The molecule has 134 valence electrons. The predicted octanol–water partition coefficient (Wildman–Crippen LogP) is 4.64. The first-order valence-corrected chi connectivity index (χ1v) is 9.92. The summed E-state index contributed by atoms with van der Waals surface area (Å²) >= 11 is 9.19. The third-order valence-electron chi connectivity index (χ3n) is 3.08. The molecule has 6 nitrogen and oxygen atoms in total. The Balaban J connectivity index is 1.45. The molecule has 0 aliphatic heterocycles. The summed E-state index contributed by atoms with van der Waals surface area (Å²) in [6, 6.07) is 14.5. The number of nitrogens with one attached hydrogen (secondary N) is 1. The molecule has 0 fully saturated rings. The zero-order valence-corrected chi connectivity index (χ0v) is 17.0. The molecule has 26 heavy (non-hydrogen) atoms. The molecule has 0 spiro atoms. The monoisotopic (exact) mass is 501 g/mol. The molecule has 0 unspecified atom stereocenters. The number of anilines is 1. The minimum atomic E-state index is -0.145. The van der Waals surface area contributed by atoms with Crippen LogP contribution >= 0.6 is 46.0 Å². The summed E-state index contributed by atoms with van der Waals surface area (Å²) in [5, 5.41) is 11.6. The van der Waals surface area contributed by atoms with Gasteiger partial charge >= 0.3 is 0 Å². The average molecular weight is 502 g/mol. The van der Waals surface area contributed by atoms with Gasteiger partial charge in [0.2, 0.25) is 5.91 Å². The highest BCUT2D eigenvalue weighted by molar-refractivity contribution is 14.1. The molecule has 9 heteroatoms. The zero-order chi connectivity index (χ0) is 18.4. The Labute approximate surface area is 172 Å². The highest BCUT2D eigenvalue weighted by atomic mass is 127. The molecule has 2 aromatic carbocycles. The largest absolute Gasteiger partial charge is 0.484 e. The van der Waals surface area contributed by atoms with E-state index in [1.54, 1.807) is 24.3 Å². The molecule has 0 bridgehead atoms. The lowest BCUT2D eigenvalue weighted by molar-refractivity contribution is -0.113. The Morgan fingerprint density at radius 1 is 1.15 bits per heavy atom. The van der Waals surface area contributed by atoms with Gasteiger partial charge in [-0.05, 0) is 71.1 Å². The minimum absolute atomic E-state index is 0.143. The van der Waals surface area contributed by atoms with Crippen LogP contribution in [0.3, 0.4) is 0 Å². The SMILES string of the molecule is O=C(CSc1nnc(COc2ccc(Cl)cc2)o1)Nc1ccc(I)cc1. The molecule has 1 aromatic heterocycles. The lowest BCUT2D eigenvalue weighted by Gasteiger charge is -2.04. The normalized spacial score (nSPS) is 10.5. The number of ether oxygens (including phenoxy) is 1. The summed E-state index contributed by atoms with van der Waals surface area (Å²) < 4.78 is 12.1. The Morgan fingerprint density at radius 2 is 1.88 bits per heavy atom. The molecule has 0 aliphatic carbocycles. The highest BCUT2D eigenvalue weighted by Gasteiger charge is 2.10. The van der Waals surface area contributed by atoms with Crippen molar-refractivity contribution >= 4 is 57.5 Å². The van der Waals surface area contributed by atoms with E-state index in [-0.39, 0.29) is 18.3 Å². The summed E-state index contributed by atoms with van der Waals surface area (Å²) in [5.74, 6) is 1.01. The van der Waals surface area contributed by atoms with E-state index < -0.39 is 0 Å². The van der Waals surface area contributed by atoms with Crippen molar-refractivity contribution in [3.8, 4) is 5.75 Å². The van der Waals surface area contributed by atoms with Crippen molar-refractivity contribution in [1.29, 1.82) is 0 Å². The Bertz CT molecular complexity index is 872. The van der Waals surface area contributed by atoms with Gasteiger partial charge in [-0.15, -0.1) is 10.2 Å². The maximum atomic E-state index is 12.0. The van der Waals surface area contributed by atoms with E-state index in [0.717, 1.165) is 9.26 Å². The molecule has 1 N–H and O–H groups in total. The number of aromatic nitrogens is 2. The van der Waals surface area contributed by atoms with Crippen LogP contribution in [0.2, 0.25) is 5.02 Å². The Morgan fingerprint density at radius 3 is 2.62 bits per heavy atom. The molecule has 1 heterocycles. The topological polar surface area (TPSA) is 77.2 Å². The number of thioether (sulfide) groups is 1. The van der Waals surface area contributed by atoms with Crippen LogP contribution in [0.1, 0.15) is 5.89 Å². The molecule has 0 aliphatic rings. The molecule has 1 amide bonds. The molecular formula is C17H13ClIN3O3S. The van der Waals surface area contributed by atoms with Crippen LogP contribution in [0.15, 0.2) is 58.2 Å². The van der Waals surface area contributed by atoms with E-state index in [1.165, 1.54) is 11.8 Å². The van der Waals surface area contributed by atoms with Crippen molar-refractivity contribution in [3.63, 3.8) is 0 Å². The molecule has 3 aromatic rings. The lowest BCUT2D eigenvalue weighted by atomic mass is 10.3. The average Bonchev–Trinajstić information content (AvgIpc) is 3.09. The van der Waals surface area contributed by atoms with Gasteiger partial charge in [-0.1, -0.05) is 23.4 Å². The van der Waals surface area contributed by atoms with Crippen LogP contribution in [0.4, 0.5) is 5.69 Å². The number of halogens is 2. The smallest absolute Gasteiger partial charge is 0.277 e. The van der Waals surface area contributed by atoms with Gasteiger partial charge in [-0.2, -0.15) is 0 Å². The number of amides is 1. The van der Waals surface area contributed by atoms with Crippen molar-refractivity contribution in [3.05, 3.63) is 63.0 Å². The van der Waals surface area contributed by atoms with Gasteiger partial charge in [-0.25, -0.2) is 0 Å². The van der Waals surface area contributed by atoms with E-state index in [1.807, 2.05) is 24.3 Å². The Kier molecular flexibility index (Phi) is 6.75. The summed E-state index contributed by atoms with van der Waals surface area (Å²) in [4.78, 5) is 12.0. The number of carbonyl (C=O) groups excluding carboxylic acids is 1. The van der Waals surface area contributed by atoms with Gasteiger partial charge in [0.1, 0.15) is 5.75 Å². The third-order valence-corrected chi connectivity index (χ3v) is 4.87. The maximum absolute atomic E-state index is 12.0. The highest BCUT2D eigenvalue weighted by Crippen LogP contribution is 2.19. The fourth-order valence-electron chi connectivity index (χ4n) is 1.89. The van der Waals surface area contributed by atoms with E-state index in [4.69, 9.17) is 20.8 Å². The van der Waals surface area contributed by atoms with Gasteiger partial charge in [-0.3, -0.25) is 4.79 Å². The second-order valence-electron chi connectivity index (χ2n) is 5.05. The summed E-state index contributed by atoms with van der Waals surface area (Å²) in [6.07, 6.45) is 0. The first kappa shape index (κ1) is 19.0. The Hall–Kier alpha value is -1.78. The van der Waals surface area contributed by atoms with Crippen molar-refractivity contribution in [1.82, 2.24) is 10.2 Å². The van der Waals surface area contributed by atoms with Gasteiger partial charge < -0.3 is 14.5 Å². The molecule has 0 radical (unpaired) electrons. The van der Waals surface area contributed by atoms with Crippen LogP contribution in [-0.2, 0) is 11.4 Å². The van der Waals surface area contributed by atoms with E-state index in [0.29, 0.717) is 21.9 Å². The molecule has 0 atom stereocenters. The minimum Gasteiger partial charge on any atom is -0.484 e. The second kappa shape index (κ2) is 9.24. The van der Waals surface area contributed by atoms with Gasteiger partial charge in [0, 0.05) is 14.3 Å². The summed E-state index contributed by atoms with van der Waals surface area (Å²) in [5.41, 5.74) is 0.749. The summed E-state index contributed by atoms with van der Waals surface area (Å²) in [7, 11) is 0. The lowest BCUT2D eigenvalue weighted by Crippen LogP contribution is -2.13. The molecule has 0 saturated heterocycles. The van der Waals surface area contributed by atoms with E-state index in [2.05, 4.69) is 38.1 Å². The van der Waals surface area contributed by atoms with Crippen LogP contribution in [-0.4, -0.2) is 21.9 Å². The molecule has 3 rings (SSSR count). The zero-order valence-electron chi connectivity index (χ0n) is 13.3. The third kappa shape index (κ3) is 5.89. The van der Waals surface area contributed by atoms with Crippen molar-refractivity contribution in [2.24, 2.45) is 0 Å². The fraction of sp³-hybridized carbons (Fsp3) is 0.118. The molecular weight excluding hydrogens is 489 g/mol. The van der Waals surface area contributed by atoms with Gasteiger partial charge in [0.05, 0.1) is 5.75 Å². The summed E-state index contributed by atoms with van der Waals surface area (Å²) in [6.45, 7) is 0.143. The maximum Gasteiger partial charge on any atom is 0.277 e. The van der Waals surface area contributed by atoms with Crippen molar-refractivity contribution in [2.45, 2.75) is 11.8 Å². The van der Waals surface area contributed by atoms with Crippen LogP contribution in [0, 0.1) is 3.57 Å². The van der Waals surface area contributed by atoms with Crippen molar-refractivity contribution < 1.29 is 13.9 Å². The second-order valence-corrected chi connectivity index (χ2v) is 7.66. The number of nitrogens with zero attached hydrogens (tertiary/aromatic N) is 2. The first-order chi connectivity index (χ1) is 12.6. The van der Waals surface area contributed by atoms with E-state index in [9.17, 15) is 4.79 Å².